The number of rotatable bonds is 10. The van der Waals surface area contributed by atoms with E-state index in [2.05, 4.69) is 16.3 Å². The molecule has 2 rings (SSSR count). The van der Waals surface area contributed by atoms with Crippen molar-refractivity contribution in [1.82, 2.24) is 14.5 Å². The molecule has 0 unspecified atom stereocenters. The fraction of sp³-hybridized carbons (Fsp3) is 0.471. The number of hydrogen-bond donors (Lipinski definition) is 0. The Hall–Kier alpha value is -1.89. The van der Waals surface area contributed by atoms with Crippen LogP contribution in [-0.4, -0.2) is 41.8 Å². The lowest BCUT2D eigenvalue weighted by Gasteiger charge is -2.18. The lowest BCUT2D eigenvalue weighted by atomic mass is 10.2. The number of nitriles is 1. The van der Waals surface area contributed by atoms with E-state index in [1.54, 1.807) is 24.3 Å². The second-order valence-corrected chi connectivity index (χ2v) is 8.44. The normalized spacial score (nSPS) is 11.6. The maximum absolute atomic E-state index is 12.6. The van der Waals surface area contributed by atoms with Crippen molar-refractivity contribution in [1.29, 1.82) is 5.26 Å². The van der Waals surface area contributed by atoms with Crippen molar-refractivity contribution in [2.75, 3.05) is 18.8 Å². The zero-order valence-electron chi connectivity index (χ0n) is 14.9. The van der Waals surface area contributed by atoms with E-state index >= 15 is 0 Å². The third-order valence-corrected chi connectivity index (χ3v) is 6.69. The molecule has 0 radical (unpaired) electrons. The molecule has 0 aliphatic heterocycles. The molecule has 1 heterocycles. The first-order chi connectivity index (χ1) is 12.5. The summed E-state index contributed by atoms with van der Waals surface area (Å²) in [6.45, 7) is 4.44. The minimum atomic E-state index is -3.54. The minimum absolute atomic E-state index is 0.211. The molecule has 7 nitrogen and oxygen atoms in total. The molecule has 0 fully saturated rings. The van der Waals surface area contributed by atoms with Crippen molar-refractivity contribution in [3.05, 3.63) is 24.3 Å². The molecule has 0 amide bonds. The van der Waals surface area contributed by atoms with Crippen LogP contribution in [0.25, 0.3) is 11.5 Å². The molecule has 0 spiro atoms. The fourth-order valence-electron chi connectivity index (χ4n) is 2.35. The van der Waals surface area contributed by atoms with Crippen molar-refractivity contribution in [2.45, 2.75) is 43.2 Å². The molecule has 1 aromatic carbocycles. The number of unbranched alkanes of at least 4 members (excludes halogenated alkanes) is 2. The van der Waals surface area contributed by atoms with Gasteiger partial charge in [-0.1, -0.05) is 31.7 Å². The molecule has 0 bridgehead atoms. The molecule has 2 aromatic rings. The van der Waals surface area contributed by atoms with E-state index in [1.807, 2.05) is 13.8 Å². The van der Waals surface area contributed by atoms with Gasteiger partial charge in [0.25, 0.3) is 5.22 Å². The number of aromatic nitrogens is 2. The van der Waals surface area contributed by atoms with Crippen LogP contribution >= 0.6 is 11.8 Å². The molecule has 0 aliphatic carbocycles. The van der Waals surface area contributed by atoms with Gasteiger partial charge in [-0.25, -0.2) is 8.42 Å². The van der Waals surface area contributed by atoms with Crippen LogP contribution in [0.15, 0.2) is 38.8 Å². The van der Waals surface area contributed by atoms with E-state index in [9.17, 15) is 8.42 Å². The molecule has 9 heteroatoms. The van der Waals surface area contributed by atoms with Crippen LogP contribution in [0.2, 0.25) is 0 Å². The smallest absolute Gasteiger partial charge is 0.276 e. The molecular weight excluding hydrogens is 372 g/mol. The second kappa shape index (κ2) is 9.71. The van der Waals surface area contributed by atoms with Crippen LogP contribution in [0.3, 0.4) is 0 Å². The largest absolute Gasteiger partial charge is 0.411 e. The number of hydrogen-bond acceptors (Lipinski definition) is 7. The van der Waals surface area contributed by atoms with Gasteiger partial charge in [-0.05, 0) is 31.0 Å². The van der Waals surface area contributed by atoms with E-state index in [0.717, 1.165) is 18.6 Å². The summed E-state index contributed by atoms with van der Waals surface area (Å²) in [5, 5.41) is 17.0. The Kier molecular flexibility index (Phi) is 7.63. The topological polar surface area (TPSA) is 100 Å². The summed E-state index contributed by atoms with van der Waals surface area (Å²) >= 11 is 1.43. The Bertz CT molecular complexity index is 855. The van der Waals surface area contributed by atoms with Crippen molar-refractivity contribution in [3.63, 3.8) is 0 Å². The first kappa shape index (κ1) is 20.4. The van der Waals surface area contributed by atoms with E-state index < -0.39 is 10.0 Å². The quantitative estimate of drug-likeness (QED) is 0.448. The highest BCUT2D eigenvalue weighted by molar-refractivity contribution is 7.99. The molecular formula is C17H22N4O3S2. The van der Waals surface area contributed by atoms with Crippen molar-refractivity contribution >= 4 is 21.8 Å². The van der Waals surface area contributed by atoms with Gasteiger partial charge in [-0.3, -0.25) is 0 Å². The van der Waals surface area contributed by atoms with Gasteiger partial charge < -0.3 is 4.42 Å². The lowest BCUT2D eigenvalue weighted by Crippen LogP contribution is -2.30. The fourth-order valence-corrected chi connectivity index (χ4v) is 4.62. The van der Waals surface area contributed by atoms with Crippen LogP contribution < -0.4 is 0 Å². The average Bonchev–Trinajstić information content (AvgIpc) is 3.11. The molecule has 0 aliphatic rings. The summed E-state index contributed by atoms with van der Waals surface area (Å²) in [7, 11) is -3.54. The van der Waals surface area contributed by atoms with E-state index in [0.29, 0.717) is 36.2 Å². The lowest BCUT2D eigenvalue weighted by molar-refractivity contribution is 0.445. The number of nitrogens with zero attached hydrogens (tertiary/aromatic N) is 4. The summed E-state index contributed by atoms with van der Waals surface area (Å²) in [6.07, 6.45) is 2.28. The molecule has 0 saturated heterocycles. The SMILES string of the molecule is CCN(CC)S(=O)(=O)c1cccc(-c2nnc(SCCCCC#N)o2)c1. The molecule has 0 atom stereocenters. The van der Waals surface area contributed by atoms with Gasteiger partial charge in [0.15, 0.2) is 0 Å². The van der Waals surface area contributed by atoms with Gasteiger partial charge in [0.2, 0.25) is 15.9 Å². The summed E-state index contributed by atoms with van der Waals surface area (Å²) in [6, 6.07) is 8.66. The van der Waals surface area contributed by atoms with Gasteiger partial charge >= 0.3 is 0 Å². The zero-order valence-corrected chi connectivity index (χ0v) is 16.5. The first-order valence-corrected chi connectivity index (χ1v) is 10.9. The molecule has 0 N–H and O–H groups in total. The van der Waals surface area contributed by atoms with E-state index in [1.165, 1.54) is 16.1 Å². The first-order valence-electron chi connectivity index (χ1n) is 8.46. The van der Waals surface area contributed by atoms with Crippen molar-refractivity contribution in [2.24, 2.45) is 0 Å². The third kappa shape index (κ3) is 5.06. The van der Waals surface area contributed by atoms with Crippen LogP contribution in [-0.2, 0) is 10.0 Å². The Labute approximate surface area is 158 Å². The third-order valence-electron chi connectivity index (χ3n) is 3.74. The van der Waals surface area contributed by atoms with E-state index in [4.69, 9.17) is 9.68 Å². The maximum Gasteiger partial charge on any atom is 0.276 e. The van der Waals surface area contributed by atoms with Crippen LogP contribution in [0.5, 0.6) is 0 Å². The average molecular weight is 395 g/mol. The standard InChI is InChI=1S/C17H22N4O3S2/c1-3-21(4-2)26(22,23)15-10-8-9-14(13-15)16-19-20-17(24-16)25-12-7-5-6-11-18/h8-10,13H,3-7,12H2,1-2H3. The highest BCUT2D eigenvalue weighted by atomic mass is 32.2. The monoisotopic (exact) mass is 394 g/mol. The molecule has 26 heavy (non-hydrogen) atoms. The number of benzene rings is 1. The number of thioether (sulfide) groups is 1. The zero-order chi connectivity index (χ0) is 19.0. The molecule has 140 valence electrons. The van der Waals surface area contributed by atoms with Gasteiger partial charge in [0.05, 0.1) is 11.0 Å². The summed E-state index contributed by atoms with van der Waals surface area (Å²) in [4.78, 5) is 0.211. The summed E-state index contributed by atoms with van der Waals surface area (Å²) < 4.78 is 32.3. The van der Waals surface area contributed by atoms with Gasteiger partial charge in [-0.15, -0.1) is 10.2 Å². The highest BCUT2D eigenvalue weighted by Gasteiger charge is 2.22. The predicted molar refractivity (Wildman–Crippen MR) is 100 cm³/mol. The van der Waals surface area contributed by atoms with Gasteiger partial charge in [-0.2, -0.15) is 9.57 Å². The van der Waals surface area contributed by atoms with Crippen LogP contribution in [0, 0.1) is 11.3 Å². The number of sulfonamides is 1. The van der Waals surface area contributed by atoms with E-state index in [-0.39, 0.29) is 4.90 Å². The Morgan fingerprint density at radius 2 is 2.00 bits per heavy atom. The van der Waals surface area contributed by atoms with Crippen molar-refractivity contribution < 1.29 is 12.8 Å². The highest BCUT2D eigenvalue weighted by Crippen LogP contribution is 2.26. The minimum Gasteiger partial charge on any atom is -0.411 e. The summed E-state index contributed by atoms with van der Waals surface area (Å²) in [5.74, 6) is 1.08. The molecule has 1 aromatic heterocycles. The van der Waals surface area contributed by atoms with Gasteiger partial charge in [0, 0.05) is 30.8 Å². The van der Waals surface area contributed by atoms with Gasteiger partial charge in [0.1, 0.15) is 0 Å². The van der Waals surface area contributed by atoms with Crippen LogP contribution in [0.1, 0.15) is 33.1 Å². The molecule has 0 saturated carbocycles. The Balaban J connectivity index is 2.12. The van der Waals surface area contributed by atoms with Crippen molar-refractivity contribution in [3.8, 4) is 17.5 Å². The Morgan fingerprint density at radius 1 is 1.23 bits per heavy atom. The van der Waals surface area contributed by atoms with Crippen LogP contribution in [0.4, 0.5) is 0 Å². The summed E-state index contributed by atoms with van der Waals surface area (Å²) in [5.41, 5.74) is 0.571. The predicted octanol–water partition coefficient (Wildman–Crippen LogP) is 3.55. The second-order valence-electron chi connectivity index (χ2n) is 5.45. The Morgan fingerprint density at radius 3 is 2.69 bits per heavy atom. The maximum atomic E-state index is 12.6.